The van der Waals surface area contributed by atoms with Crippen molar-refractivity contribution in [2.75, 3.05) is 39.8 Å². The molecule has 0 aliphatic carbocycles. The van der Waals surface area contributed by atoms with E-state index in [1.165, 1.54) is 45.3 Å². The largest absolute Gasteiger partial charge is 0.356 e. The molecule has 2 N–H and O–H groups in total. The Kier molecular flexibility index (Phi) is 7.80. The number of nitrogens with zero attached hydrogens (tertiary/aromatic N) is 2. The zero-order valence-electron chi connectivity index (χ0n) is 11.5. The molecule has 1 aliphatic rings. The van der Waals surface area contributed by atoms with Crippen molar-refractivity contribution in [1.82, 2.24) is 15.5 Å². The predicted molar refractivity (Wildman–Crippen MR) is 74.6 cm³/mol. The standard InChI is InChI=1S/C13H28N4/c1-3-8-15-13(14-2)16-9-4-5-10-17-11-6-7-12-17/h3-12H2,1-2H3,(H2,14,15,16). The lowest BCUT2D eigenvalue weighted by Crippen LogP contribution is -2.38. The Labute approximate surface area is 106 Å². The Bertz CT molecular complexity index is 209. The summed E-state index contributed by atoms with van der Waals surface area (Å²) in [7, 11) is 1.83. The third-order valence-electron chi connectivity index (χ3n) is 3.16. The summed E-state index contributed by atoms with van der Waals surface area (Å²) in [4.78, 5) is 6.76. The van der Waals surface area contributed by atoms with Crippen LogP contribution in [0, 0.1) is 0 Å². The third-order valence-corrected chi connectivity index (χ3v) is 3.16. The first-order chi connectivity index (χ1) is 8.36. The van der Waals surface area contributed by atoms with Gasteiger partial charge < -0.3 is 15.5 Å². The zero-order chi connectivity index (χ0) is 12.3. The topological polar surface area (TPSA) is 39.7 Å². The number of likely N-dealkylation sites (tertiary alicyclic amines) is 1. The minimum atomic E-state index is 0.938. The SMILES string of the molecule is CCCNC(=NC)NCCCCN1CCCC1. The molecule has 100 valence electrons. The molecule has 1 saturated heterocycles. The van der Waals surface area contributed by atoms with Gasteiger partial charge >= 0.3 is 0 Å². The highest BCUT2D eigenvalue weighted by Crippen LogP contribution is 2.07. The van der Waals surface area contributed by atoms with Crippen LogP contribution in [-0.4, -0.2) is 50.6 Å². The van der Waals surface area contributed by atoms with Crippen LogP contribution in [0.2, 0.25) is 0 Å². The van der Waals surface area contributed by atoms with Gasteiger partial charge in [0, 0.05) is 20.1 Å². The number of rotatable bonds is 7. The molecule has 0 bridgehead atoms. The van der Waals surface area contributed by atoms with E-state index in [0.717, 1.165) is 25.5 Å². The molecular weight excluding hydrogens is 212 g/mol. The molecule has 0 unspecified atom stereocenters. The van der Waals surface area contributed by atoms with Gasteiger partial charge in [0.1, 0.15) is 0 Å². The van der Waals surface area contributed by atoms with Crippen LogP contribution < -0.4 is 10.6 Å². The molecule has 1 aliphatic heterocycles. The summed E-state index contributed by atoms with van der Waals surface area (Å²) >= 11 is 0. The lowest BCUT2D eigenvalue weighted by atomic mass is 10.3. The van der Waals surface area contributed by atoms with Crippen molar-refractivity contribution in [1.29, 1.82) is 0 Å². The number of guanidine groups is 1. The smallest absolute Gasteiger partial charge is 0.190 e. The number of nitrogens with one attached hydrogen (secondary N) is 2. The summed E-state index contributed by atoms with van der Waals surface area (Å²) < 4.78 is 0. The van der Waals surface area contributed by atoms with Gasteiger partial charge in [0.05, 0.1) is 0 Å². The lowest BCUT2D eigenvalue weighted by Gasteiger charge is -2.15. The van der Waals surface area contributed by atoms with Crippen molar-refractivity contribution in [2.24, 2.45) is 4.99 Å². The third kappa shape index (κ3) is 6.51. The molecule has 0 aromatic carbocycles. The summed E-state index contributed by atoms with van der Waals surface area (Å²) in [6, 6.07) is 0. The van der Waals surface area contributed by atoms with E-state index in [2.05, 4.69) is 27.4 Å². The molecular formula is C13H28N4. The van der Waals surface area contributed by atoms with Crippen LogP contribution in [0.5, 0.6) is 0 Å². The second kappa shape index (κ2) is 9.28. The van der Waals surface area contributed by atoms with Gasteiger partial charge in [-0.1, -0.05) is 6.92 Å². The van der Waals surface area contributed by atoms with Crippen molar-refractivity contribution in [3.05, 3.63) is 0 Å². The average molecular weight is 240 g/mol. The van der Waals surface area contributed by atoms with Gasteiger partial charge in [-0.15, -0.1) is 0 Å². The summed E-state index contributed by atoms with van der Waals surface area (Å²) in [5, 5.41) is 6.63. The fraction of sp³-hybridized carbons (Fsp3) is 0.923. The van der Waals surface area contributed by atoms with Crippen molar-refractivity contribution < 1.29 is 0 Å². The normalized spacial score (nSPS) is 17.4. The van der Waals surface area contributed by atoms with Crippen molar-refractivity contribution >= 4 is 5.96 Å². The molecule has 0 spiro atoms. The molecule has 0 aromatic heterocycles. The van der Waals surface area contributed by atoms with Gasteiger partial charge in [-0.3, -0.25) is 4.99 Å². The molecule has 17 heavy (non-hydrogen) atoms. The van der Waals surface area contributed by atoms with Crippen LogP contribution >= 0.6 is 0 Å². The van der Waals surface area contributed by atoms with E-state index < -0.39 is 0 Å². The first-order valence-corrected chi connectivity index (χ1v) is 7.03. The molecule has 4 nitrogen and oxygen atoms in total. The first kappa shape index (κ1) is 14.3. The molecule has 0 amide bonds. The van der Waals surface area contributed by atoms with Gasteiger partial charge in [0.15, 0.2) is 5.96 Å². The Morgan fingerprint density at radius 2 is 1.82 bits per heavy atom. The van der Waals surface area contributed by atoms with E-state index in [9.17, 15) is 0 Å². The second-order valence-corrected chi connectivity index (χ2v) is 4.68. The number of unbranched alkanes of at least 4 members (excludes halogenated alkanes) is 1. The quantitative estimate of drug-likeness (QED) is 0.402. The minimum absolute atomic E-state index is 0.938. The van der Waals surface area contributed by atoms with Crippen molar-refractivity contribution in [3.8, 4) is 0 Å². The summed E-state index contributed by atoms with van der Waals surface area (Å²) in [6.45, 7) is 8.07. The minimum Gasteiger partial charge on any atom is -0.356 e. The van der Waals surface area contributed by atoms with E-state index in [1.54, 1.807) is 0 Å². The highest BCUT2D eigenvalue weighted by atomic mass is 15.2. The summed E-state index contributed by atoms with van der Waals surface area (Å²) in [5.74, 6) is 0.938. The Morgan fingerprint density at radius 3 is 2.47 bits per heavy atom. The molecule has 0 radical (unpaired) electrons. The molecule has 1 heterocycles. The molecule has 0 atom stereocenters. The van der Waals surface area contributed by atoms with Gasteiger partial charge in [-0.2, -0.15) is 0 Å². The number of hydrogen-bond donors (Lipinski definition) is 2. The lowest BCUT2D eigenvalue weighted by molar-refractivity contribution is 0.330. The molecule has 1 fully saturated rings. The Morgan fingerprint density at radius 1 is 1.12 bits per heavy atom. The fourth-order valence-corrected chi connectivity index (χ4v) is 2.14. The summed E-state index contributed by atoms with van der Waals surface area (Å²) in [6.07, 6.45) is 6.44. The van der Waals surface area contributed by atoms with Crippen LogP contribution in [-0.2, 0) is 0 Å². The maximum Gasteiger partial charge on any atom is 0.190 e. The molecule has 0 saturated carbocycles. The van der Waals surface area contributed by atoms with Gasteiger partial charge in [-0.25, -0.2) is 0 Å². The van der Waals surface area contributed by atoms with Gasteiger partial charge in [0.25, 0.3) is 0 Å². The fourth-order valence-electron chi connectivity index (χ4n) is 2.14. The van der Waals surface area contributed by atoms with E-state index in [-0.39, 0.29) is 0 Å². The van der Waals surface area contributed by atoms with Crippen LogP contribution in [0.1, 0.15) is 39.0 Å². The van der Waals surface area contributed by atoms with E-state index in [4.69, 9.17) is 0 Å². The van der Waals surface area contributed by atoms with E-state index >= 15 is 0 Å². The number of hydrogen-bond acceptors (Lipinski definition) is 2. The highest BCUT2D eigenvalue weighted by Gasteiger charge is 2.09. The van der Waals surface area contributed by atoms with Crippen LogP contribution in [0.25, 0.3) is 0 Å². The van der Waals surface area contributed by atoms with Crippen LogP contribution in [0.15, 0.2) is 4.99 Å². The molecule has 1 rings (SSSR count). The second-order valence-electron chi connectivity index (χ2n) is 4.68. The maximum atomic E-state index is 4.18. The molecule has 0 aromatic rings. The predicted octanol–water partition coefficient (Wildman–Crippen LogP) is 1.44. The van der Waals surface area contributed by atoms with Crippen LogP contribution in [0.3, 0.4) is 0 Å². The molecule has 4 heteroatoms. The monoisotopic (exact) mass is 240 g/mol. The maximum absolute atomic E-state index is 4.18. The zero-order valence-corrected chi connectivity index (χ0v) is 11.5. The van der Waals surface area contributed by atoms with Crippen molar-refractivity contribution in [3.63, 3.8) is 0 Å². The first-order valence-electron chi connectivity index (χ1n) is 7.03. The Balaban J connectivity index is 1.94. The Hall–Kier alpha value is -0.770. The van der Waals surface area contributed by atoms with E-state index in [1.807, 2.05) is 7.05 Å². The van der Waals surface area contributed by atoms with Gasteiger partial charge in [-0.05, 0) is 51.7 Å². The summed E-state index contributed by atoms with van der Waals surface area (Å²) in [5.41, 5.74) is 0. The van der Waals surface area contributed by atoms with E-state index in [0.29, 0.717) is 0 Å². The average Bonchev–Trinajstić information content (AvgIpc) is 2.85. The highest BCUT2D eigenvalue weighted by molar-refractivity contribution is 5.79. The van der Waals surface area contributed by atoms with Crippen molar-refractivity contribution in [2.45, 2.75) is 39.0 Å². The van der Waals surface area contributed by atoms with Gasteiger partial charge in [0.2, 0.25) is 0 Å². The number of aliphatic imine (C=N–C) groups is 1. The van der Waals surface area contributed by atoms with Crippen LogP contribution in [0.4, 0.5) is 0 Å².